The van der Waals surface area contributed by atoms with E-state index in [-0.39, 0.29) is 0 Å². The minimum Gasteiger partial charge on any atom is -0.310 e. The van der Waals surface area contributed by atoms with E-state index < -0.39 is 0 Å². The quantitative estimate of drug-likeness (QED) is 0.144. The van der Waals surface area contributed by atoms with Crippen LogP contribution in [0.5, 0.6) is 0 Å². The number of para-hydroxylation sites is 2. The highest BCUT2D eigenvalue weighted by Crippen LogP contribution is 2.48. The van der Waals surface area contributed by atoms with Crippen molar-refractivity contribution < 1.29 is 0 Å². The highest BCUT2D eigenvalue weighted by atomic mass is 15.2. The lowest BCUT2D eigenvalue weighted by Gasteiger charge is -2.31. The Labute approximate surface area is 328 Å². The Bertz CT molecular complexity index is 2770. The molecule has 0 atom stereocenters. The predicted octanol–water partition coefficient (Wildman–Crippen LogP) is 15.5. The van der Waals surface area contributed by atoms with Crippen molar-refractivity contribution in [2.24, 2.45) is 0 Å². The fourth-order valence-corrected chi connectivity index (χ4v) is 8.45. The molecule has 0 bridgehead atoms. The summed E-state index contributed by atoms with van der Waals surface area (Å²) in [6, 6.07) is 75.1. The number of rotatable bonds is 8. The molecule has 56 heavy (non-hydrogen) atoms. The Morgan fingerprint density at radius 1 is 0.286 bits per heavy atom. The molecule has 0 N–H and O–H groups in total. The summed E-state index contributed by atoms with van der Waals surface area (Å²) in [6.07, 6.45) is 0. The second-order valence-corrected chi connectivity index (χ2v) is 14.7. The fraction of sp³-hybridized carbons (Fsp3) is 0.0370. The molecular formula is C54H40N2. The van der Waals surface area contributed by atoms with Gasteiger partial charge >= 0.3 is 0 Å². The molecule has 0 aliphatic rings. The molecule has 10 aromatic rings. The maximum absolute atomic E-state index is 2.45. The van der Waals surface area contributed by atoms with Crippen LogP contribution < -0.4 is 9.80 Å². The molecule has 0 unspecified atom stereocenters. The van der Waals surface area contributed by atoms with Gasteiger partial charge in [-0.25, -0.2) is 0 Å². The first-order chi connectivity index (χ1) is 27.6. The summed E-state index contributed by atoms with van der Waals surface area (Å²) in [5.41, 5.74) is 14.1. The molecule has 0 fully saturated rings. The van der Waals surface area contributed by atoms with Crippen LogP contribution in [0.25, 0.3) is 54.6 Å². The van der Waals surface area contributed by atoms with E-state index in [1.165, 1.54) is 65.7 Å². The Hall–Kier alpha value is -7.16. The van der Waals surface area contributed by atoms with E-state index >= 15 is 0 Å². The topological polar surface area (TPSA) is 6.48 Å². The van der Waals surface area contributed by atoms with E-state index in [2.05, 4.69) is 230 Å². The van der Waals surface area contributed by atoms with Crippen LogP contribution in [-0.2, 0) is 0 Å². The van der Waals surface area contributed by atoms with Crippen LogP contribution in [0.2, 0.25) is 0 Å². The second-order valence-electron chi connectivity index (χ2n) is 14.7. The molecule has 10 rings (SSSR count). The lowest BCUT2D eigenvalue weighted by Crippen LogP contribution is -2.13. The molecule has 2 nitrogen and oxygen atoms in total. The van der Waals surface area contributed by atoms with Crippen molar-refractivity contribution in [3.8, 4) is 22.3 Å². The Morgan fingerprint density at radius 3 is 1.04 bits per heavy atom. The van der Waals surface area contributed by atoms with Gasteiger partial charge in [0.2, 0.25) is 0 Å². The lowest BCUT2D eigenvalue weighted by molar-refractivity contribution is 1.26. The maximum Gasteiger partial charge on any atom is 0.0540 e. The Kier molecular flexibility index (Phi) is 8.30. The summed E-state index contributed by atoms with van der Waals surface area (Å²) < 4.78 is 0. The molecule has 0 amide bonds. The Morgan fingerprint density at radius 2 is 0.643 bits per heavy atom. The highest BCUT2D eigenvalue weighted by Gasteiger charge is 2.23. The van der Waals surface area contributed by atoms with Crippen molar-refractivity contribution in [2.45, 2.75) is 13.8 Å². The summed E-state index contributed by atoms with van der Waals surface area (Å²) in [6.45, 7) is 4.43. The average molecular weight is 717 g/mol. The summed E-state index contributed by atoms with van der Waals surface area (Å²) in [7, 11) is 0. The number of hydrogen-bond acceptors (Lipinski definition) is 2. The molecule has 0 aliphatic carbocycles. The van der Waals surface area contributed by atoms with E-state index in [0.29, 0.717) is 0 Å². The van der Waals surface area contributed by atoms with Crippen molar-refractivity contribution in [2.75, 3.05) is 9.80 Å². The largest absolute Gasteiger partial charge is 0.310 e. The van der Waals surface area contributed by atoms with E-state index in [9.17, 15) is 0 Å². The van der Waals surface area contributed by atoms with Crippen LogP contribution in [-0.4, -0.2) is 0 Å². The van der Waals surface area contributed by atoms with E-state index in [4.69, 9.17) is 0 Å². The third-order valence-electron chi connectivity index (χ3n) is 11.2. The van der Waals surface area contributed by atoms with Crippen molar-refractivity contribution in [3.05, 3.63) is 217 Å². The third-order valence-corrected chi connectivity index (χ3v) is 11.2. The first kappa shape index (κ1) is 33.4. The van der Waals surface area contributed by atoms with Gasteiger partial charge in [0, 0.05) is 33.5 Å². The van der Waals surface area contributed by atoms with Gasteiger partial charge in [-0.15, -0.1) is 0 Å². The normalized spacial score (nSPS) is 11.4. The molecule has 0 spiro atoms. The number of hydrogen-bond donors (Lipinski definition) is 0. The van der Waals surface area contributed by atoms with E-state index in [1.54, 1.807) is 0 Å². The van der Waals surface area contributed by atoms with Crippen LogP contribution in [0.15, 0.2) is 206 Å². The van der Waals surface area contributed by atoms with Crippen molar-refractivity contribution >= 4 is 66.4 Å². The van der Waals surface area contributed by atoms with E-state index in [0.717, 1.165) is 34.1 Å². The van der Waals surface area contributed by atoms with Gasteiger partial charge in [-0.3, -0.25) is 0 Å². The predicted molar refractivity (Wildman–Crippen MR) is 240 cm³/mol. The molecule has 2 heteroatoms. The lowest BCUT2D eigenvalue weighted by atomic mass is 9.91. The molecule has 0 heterocycles. The van der Waals surface area contributed by atoms with Crippen LogP contribution in [0.1, 0.15) is 11.1 Å². The number of anilines is 6. The van der Waals surface area contributed by atoms with Crippen molar-refractivity contribution in [1.82, 2.24) is 0 Å². The minimum atomic E-state index is 1.13. The second kappa shape index (κ2) is 13.9. The highest BCUT2D eigenvalue weighted by molar-refractivity contribution is 6.28. The van der Waals surface area contributed by atoms with Crippen molar-refractivity contribution in [1.29, 1.82) is 0 Å². The SMILES string of the molecule is Cc1ccc(-c2ccccc2)cc1N(c1ccccc1)c1ccc2ccc3c(N(c4ccccc4)c4cc(-c5ccccc5)ccc4C)ccc4ccc1c2c43. The van der Waals surface area contributed by atoms with Crippen LogP contribution in [0.4, 0.5) is 34.1 Å². The molecule has 0 aliphatic heterocycles. The van der Waals surface area contributed by atoms with Gasteiger partial charge in [0.1, 0.15) is 0 Å². The molecular weight excluding hydrogens is 677 g/mol. The number of aryl methyl sites for hydroxylation is 2. The molecule has 266 valence electrons. The maximum atomic E-state index is 2.45. The molecule has 0 aromatic heterocycles. The number of benzene rings is 10. The molecule has 0 saturated heterocycles. The van der Waals surface area contributed by atoms with Crippen molar-refractivity contribution in [3.63, 3.8) is 0 Å². The van der Waals surface area contributed by atoms with Gasteiger partial charge in [0.25, 0.3) is 0 Å². The summed E-state index contributed by atoms with van der Waals surface area (Å²) in [4.78, 5) is 4.90. The van der Waals surface area contributed by atoms with E-state index in [1.807, 2.05) is 0 Å². The van der Waals surface area contributed by atoms with Gasteiger partial charge in [-0.05, 0) is 117 Å². The number of nitrogens with zero attached hydrogens (tertiary/aromatic N) is 2. The average Bonchev–Trinajstić information content (AvgIpc) is 3.26. The van der Waals surface area contributed by atoms with Crippen LogP contribution in [0, 0.1) is 13.8 Å². The first-order valence-electron chi connectivity index (χ1n) is 19.4. The standard InChI is InChI=1S/C54H40N2/c1-37-23-25-43(39-15-7-3-8-16-39)35-51(37)55(45-19-11-5-12-20-45)49-33-29-41-28-32-48-50(34-30-42-27-31-47(49)53(41)54(42)48)56(46-21-13-6-14-22-46)52-36-44(26-24-38(52)2)40-17-9-4-10-18-40/h3-36H,1-2H3. The van der Waals surface area contributed by atoms with Gasteiger partial charge in [-0.1, -0.05) is 158 Å². The zero-order valence-electron chi connectivity index (χ0n) is 31.5. The molecule has 0 saturated carbocycles. The third kappa shape index (κ3) is 5.75. The minimum absolute atomic E-state index is 1.13. The fourth-order valence-electron chi connectivity index (χ4n) is 8.45. The Balaban J connectivity index is 1.21. The summed E-state index contributed by atoms with van der Waals surface area (Å²) in [5.74, 6) is 0. The summed E-state index contributed by atoms with van der Waals surface area (Å²) >= 11 is 0. The van der Waals surface area contributed by atoms with Gasteiger partial charge < -0.3 is 9.80 Å². The smallest absolute Gasteiger partial charge is 0.0540 e. The van der Waals surface area contributed by atoms with Gasteiger partial charge in [0.05, 0.1) is 11.4 Å². The van der Waals surface area contributed by atoms with Crippen LogP contribution >= 0.6 is 0 Å². The van der Waals surface area contributed by atoms with Gasteiger partial charge in [0.15, 0.2) is 0 Å². The monoisotopic (exact) mass is 716 g/mol. The first-order valence-corrected chi connectivity index (χ1v) is 19.4. The zero-order valence-corrected chi connectivity index (χ0v) is 31.5. The molecule has 0 radical (unpaired) electrons. The van der Waals surface area contributed by atoms with Crippen LogP contribution in [0.3, 0.4) is 0 Å². The summed E-state index contributed by atoms with van der Waals surface area (Å²) in [5, 5.41) is 7.46. The van der Waals surface area contributed by atoms with Gasteiger partial charge in [-0.2, -0.15) is 0 Å². The molecule has 10 aromatic carbocycles. The zero-order chi connectivity index (χ0) is 37.6.